The van der Waals surface area contributed by atoms with Crippen molar-refractivity contribution in [1.29, 1.82) is 0 Å². The van der Waals surface area contributed by atoms with Gasteiger partial charge in [0.25, 0.3) is 11.8 Å². The highest BCUT2D eigenvalue weighted by atomic mass is 35.5. The molecule has 1 aliphatic heterocycles. The summed E-state index contributed by atoms with van der Waals surface area (Å²) in [6, 6.07) is 13.1. The van der Waals surface area contributed by atoms with E-state index in [0.717, 1.165) is 37.2 Å². The van der Waals surface area contributed by atoms with Gasteiger partial charge in [-0.15, -0.1) is 0 Å². The van der Waals surface area contributed by atoms with E-state index in [2.05, 4.69) is 15.6 Å². The maximum atomic E-state index is 13.2. The molecule has 190 valence electrons. The zero-order valence-electron chi connectivity index (χ0n) is 21.4. The van der Waals surface area contributed by atoms with Crippen molar-refractivity contribution in [2.45, 2.75) is 58.1 Å². The summed E-state index contributed by atoms with van der Waals surface area (Å²) in [5.74, 6) is 0.261. The molecule has 0 aromatic heterocycles. The predicted molar refractivity (Wildman–Crippen MR) is 141 cm³/mol. The maximum Gasteiger partial charge on any atom is 0.277 e. The zero-order chi connectivity index (χ0) is 25.6. The first kappa shape index (κ1) is 26.8. The van der Waals surface area contributed by atoms with E-state index in [1.807, 2.05) is 43.3 Å². The van der Waals surface area contributed by atoms with E-state index >= 15 is 0 Å². The van der Waals surface area contributed by atoms with Crippen LogP contribution in [-0.2, 0) is 11.2 Å². The highest BCUT2D eigenvalue weighted by molar-refractivity contribution is 6.31. The van der Waals surface area contributed by atoms with Gasteiger partial charge in [0.2, 0.25) is 0 Å². The second-order valence-corrected chi connectivity index (χ2v) is 10.3. The summed E-state index contributed by atoms with van der Waals surface area (Å²) in [4.78, 5) is 27.8. The molecule has 2 aromatic carbocycles. The lowest BCUT2D eigenvalue weighted by atomic mass is 10.0. The number of nitrogens with one attached hydrogen (secondary N) is 2. The molecule has 1 saturated heterocycles. The van der Waals surface area contributed by atoms with Gasteiger partial charge in [-0.05, 0) is 82.3 Å². The largest absolute Gasteiger partial charge is 0.478 e. The first-order chi connectivity index (χ1) is 16.5. The molecule has 0 saturated carbocycles. The van der Waals surface area contributed by atoms with Crippen molar-refractivity contribution in [3.63, 3.8) is 0 Å². The number of amides is 2. The van der Waals surface area contributed by atoms with Gasteiger partial charge in [-0.1, -0.05) is 23.7 Å². The molecule has 2 N–H and O–H groups in total. The van der Waals surface area contributed by atoms with Gasteiger partial charge in [-0.25, -0.2) is 5.01 Å². The van der Waals surface area contributed by atoms with Crippen molar-refractivity contribution in [3.05, 3.63) is 58.6 Å². The zero-order valence-corrected chi connectivity index (χ0v) is 22.1. The summed E-state index contributed by atoms with van der Waals surface area (Å²) in [6.45, 7) is 7.36. The lowest BCUT2D eigenvalue weighted by Gasteiger charge is -2.30. The van der Waals surface area contributed by atoms with Crippen LogP contribution in [0.15, 0.2) is 42.5 Å². The Morgan fingerprint density at radius 3 is 2.37 bits per heavy atom. The quantitative estimate of drug-likeness (QED) is 0.498. The van der Waals surface area contributed by atoms with Crippen LogP contribution in [0.1, 0.15) is 56.0 Å². The van der Waals surface area contributed by atoms with Crippen LogP contribution < -0.4 is 20.4 Å². The van der Waals surface area contributed by atoms with E-state index in [9.17, 15) is 9.59 Å². The summed E-state index contributed by atoms with van der Waals surface area (Å²) in [5.41, 5.74) is 4.32. The number of ether oxygens (including phenoxy) is 1. The van der Waals surface area contributed by atoms with E-state index in [1.165, 1.54) is 6.42 Å². The van der Waals surface area contributed by atoms with Crippen molar-refractivity contribution in [2.75, 3.05) is 32.1 Å². The first-order valence-electron chi connectivity index (χ1n) is 12.2. The van der Waals surface area contributed by atoms with Crippen molar-refractivity contribution in [2.24, 2.45) is 0 Å². The van der Waals surface area contributed by atoms with Crippen LogP contribution in [0.3, 0.4) is 0 Å². The van der Waals surface area contributed by atoms with Crippen LogP contribution >= 0.6 is 11.6 Å². The van der Waals surface area contributed by atoms with Gasteiger partial charge in [-0.2, -0.15) is 0 Å². The molecule has 0 aliphatic carbocycles. The van der Waals surface area contributed by atoms with Gasteiger partial charge in [0.15, 0.2) is 5.60 Å². The van der Waals surface area contributed by atoms with Gasteiger partial charge < -0.3 is 15.0 Å². The molecule has 7 nitrogen and oxygen atoms in total. The Morgan fingerprint density at radius 1 is 1.09 bits per heavy atom. The molecule has 35 heavy (non-hydrogen) atoms. The number of hydrogen-bond donors (Lipinski definition) is 2. The predicted octanol–water partition coefficient (Wildman–Crippen LogP) is 4.44. The number of hydrogen-bond acceptors (Lipinski definition) is 5. The monoisotopic (exact) mass is 500 g/mol. The number of rotatable bonds is 9. The van der Waals surface area contributed by atoms with Gasteiger partial charge in [-0.3, -0.25) is 15.0 Å². The fraction of sp³-hybridized carbons (Fsp3) is 0.481. The fourth-order valence-electron chi connectivity index (χ4n) is 4.18. The van der Waals surface area contributed by atoms with Crippen LogP contribution in [0.2, 0.25) is 5.02 Å². The number of benzene rings is 2. The molecule has 1 fully saturated rings. The Kier molecular flexibility index (Phi) is 9.03. The van der Waals surface area contributed by atoms with E-state index in [0.29, 0.717) is 22.8 Å². The number of halogens is 1. The second kappa shape index (κ2) is 11.8. The second-order valence-electron chi connectivity index (χ2n) is 9.88. The van der Waals surface area contributed by atoms with E-state index < -0.39 is 5.60 Å². The SMILES string of the molecule is CC(Cc1ccc(OC(C)(C)C(=O)NN(C)C)cc1)NC(=O)c1cc(Cl)ccc1N1CCCCC1. The van der Waals surface area contributed by atoms with Crippen molar-refractivity contribution >= 4 is 29.1 Å². The average Bonchev–Trinajstić information content (AvgIpc) is 2.80. The average molecular weight is 501 g/mol. The standard InChI is InChI=1S/C27H37ClN4O3/c1-19(17-20-9-12-22(13-10-20)35-27(2,3)26(34)30-31(4)5)29-25(33)23-18-21(28)11-14-24(23)32-15-7-6-8-16-32/h9-14,18-19H,6-8,15-17H2,1-5H3,(H,29,33)(H,30,34). The van der Waals surface area contributed by atoms with Gasteiger partial charge in [0.05, 0.1) is 5.56 Å². The fourth-order valence-corrected chi connectivity index (χ4v) is 4.35. The number of carbonyl (C=O) groups is 2. The lowest BCUT2D eigenvalue weighted by Crippen LogP contribution is -2.50. The Labute approximate surface area is 213 Å². The van der Waals surface area contributed by atoms with Crippen LogP contribution in [0.25, 0.3) is 0 Å². The van der Waals surface area contributed by atoms with Crippen molar-refractivity contribution in [1.82, 2.24) is 15.8 Å². The van der Waals surface area contributed by atoms with Crippen LogP contribution in [-0.4, -0.2) is 55.7 Å². The summed E-state index contributed by atoms with van der Waals surface area (Å²) >= 11 is 6.23. The molecule has 0 spiro atoms. The lowest BCUT2D eigenvalue weighted by molar-refractivity contribution is -0.138. The molecule has 1 unspecified atom stereocenters. The Bertz CT molecular complexity index is 1020. The minimum atomic E-state index is -1.02. The molecule has 1 aliphatic rings. The normalized spacial score (nSPS) is 15.0. The Morgan fingerprint density at radius 2 is 1.74 bits per heavy atom. The molecule has 0 bridgehead atoms. The Balaban J connectivity index is 1.61. The summed E-state index contributed by atoms with van der Waals surface area (Å²) in [7, 11) is 3.51. The third-order valence-electron chi connectivity index (χ3n) is 5.99. The van der Waals surface area contributed by atoms with Crippen molar-refractivity contribution < 1.29 is 14.3 Å². The van der Waals surface area contributed by atoms with E-state index in [4.69, 9.17) is 16.3 Å². The number of hydrazine groups is 1. The van der Waals surface area contributed by atoms with Gasteiger partial charge >= 0.3 is 0 Å². The van der Waals surface area contributed by atoms with E-state index in [1.54, 1.807) is 39.0 Å². The van der Waals surface area contributed by atoms with Crippen LogP contribution in [0.5, 0.6) is 5.75 Å². The summed E-state index contributed by atoms with van der Waals surface area (Å²) in [5, 5.41) is 5.27. The molecule has 8 heteroatoms. The Hall–Kier alpha value is -2.77. The minimum absolute atomic E-state index is 0.0789. The highest BCUT2D eigenvalue weighted by Crippen LogP contribution is 2.27. The molecule has 2 amide bonds. The van der Waals surface area contributed by atoms with Crippen LogP contribution in [0, 0.1) is 0 Å². The molecule has 1 heterocycles. The first-order valence-corrected chi connectivity index (χ1v) is 12.5. The number of anilines is 1. The topological polar surface area (TPSA) is 73.9 Å². The highest BCUT2D eigenvalue weighted by Gasteiger charge is 2.30. The summed E-state index contributed by atoms with van der Waals surface area (Å²) < 4.78 is 5.90. The third-order valence-corrected chi connectivity index (χ3v) is 6.22. The van der Waals surface area contributed by atoms with Crippen LogP contribution in [0.4, 0.5) is 5.69 Å². The number of piperidine rings is 1. The molecule has 3 rings (SSSR count). The minimum Gasteiger partial charge on any atom is -0.478 e. The number of carbonyl (C=O) groups excluding carboxylic acids is 2. The van der Waals surface area contributed by atoms with Crippen molar-refractivity contribution in [3.8, 4) is 5.75 Å². The van der Waals surface area contributed by atoms with Gasteiger partial charge in [0.1, 0.15) is 5.75 Å². The smallest absolute Gasteiger partial charge is 0.277 e. The number of nitrogens with zero attached hydrogens (tertiary/aromatic N) is 2. The van der Waals surface area contributed by atoms with Gasteiger partial charge in [0, 0.05) is 43.9 Å². The molecule has 1 atom stereocenters. The molecular formula is C27H37ClN4O3. The molecule has 2 aromatic rings. The summed E-state index contributed by atoms with van der Waals surface area (Å²) in [6.07, 6.45) is 4.16. The third kappa shape index (κ3) is 7.61. The van der Waals surface area contributed by atoms with E-state index in [-0.39, 0.29) is 17.9 Å². The molecular weight excluding hydrogens is 464 g/mol. The molecule has 0 radical (unpaired) electrons. The maximum absolute atomic E-state index is 13.2.